The summed E-state index contributed by atoms with van der Waals surface area (Å²) in [4.78, 5) is 35.1. The molecule has 228 valence electrons. The second kappa shape index (κ2) is 12.0. The van der Waals surface area contributed by atoms with Crippen molar-refractivity contribution in [1.82, 2.24) is 34.4 Å². The molecule has 5 heterocycles. The SMILES string of the molecule is Cc1nccc(-c2cc(N3CCC[C@@H](N(C(C)C)C4CCC(Oc5nc(C)sc5C(N)=O)CC4)C3)c3c(N)ncnn23)n1. The second-order valence-electron chi connectivity index (χ2n) is 11.9. The van der Waals surface area contributed by atoms with Gasteiger partial charge in [0, 0.05) is 37.4 Å². The van der Waals surface area contributed by atoms with E-state index in [0.29, 0.717) is 40.5 Å². The number of primary amides is 1. The zero-order chi connectivity index (χ0) is 30.2. The van der Waals surface area contributed by atoms with E-state index >= 15 is 0 Å². The van der Waals surface area contributed by atoms with Crippen molar-refractivity contribution in [2.24, 2.45) is 5.73 Å². The zero-order valence-electron chi connectivity index (χ0n) is 25.2. The Morgan fingerprint density at radius 1 is 1.12 bits per heavy atom. The highest BCUT2D eigenvalue weighted by Crippen LogP contribution is 2.37. The van der Waals surface area contributed by atoms with E-state index in [-0.39, 0.29) is 6.10 Å². The first-order valence-electron chi connectivity index (χ1n) is 15.1. The summed E-state index contributed by atoms with van der Waals surface area (Å²) in [6.45, 7) is 10.2. The van der Waals surface area contributed by atoms with Crippen LogP contribution in [0, 0.1) is 13.8 Å². The lowest BCUT2D eigenvalue weighted by molar-refractivity contribution is 0.0339. The Morgan fingerprint density at radius 3 is 2.63 bits per heavy atom. The zero-order valence-corrected chi connectivity index (χ0v) is 26.0. The summed E-state index contributed by atoms with van der Waals surface area (Å²) in [6, 6.07) is 5.29. The molecule has 0 radical (unpaired) electrons. The summed E-state index contributed by atoms with van der Waals surface area (Å²) >= 11 is 1.29. The van der Waals surface area contributed by atoms with E-state index in [1.807, 2.05) is 24.4 Å². The van der Waals surface area contributed by atoms with Gasteiger partial charge in [-0.1, -0.05) is 0 Å². The number of piperidine rings is 1. The largest absolute Gasteiger partial charge is 0.473 e. The van der Waals surface area contributed by atoms with Crippen LogP contribution in [0.5, 0.6) is 5.88 Å². The van der Waals surface area contributed by atoms with E-state index in [2.05, 4.69) is 54.7 Å². The summed E-state index contributed by atoms with van der Waals surface area (Å²) < 4.78 is 8.07. The predicted octanol–water partition coefficient (Wildman–Crippen LogP) is 4.01. The van der Waals surface area contributed by atoms with Gasteiger partial charge in [-0.05, 0) is 78.4 Å². The van der Waals surface area contributed by atoms with Crippen LogP contribution in [-0.4, -0.2) is 77.7 Å². The Labute approximate surface area is 255 Å². The van der Waals surface area contributed by atoms with Crippen molar-refractivity contribution < 1.29 is 9.53 Å². The number of carbonyl (C=O) groups excluding carboxylic acids is 1. The topological polar surface area (TPSA) is 154 Å². The van der Waals surface area contributed by atoms with Gasteiger partial charge >= 0.3 is 0 Å². The molecule has 1 saturated heterocycles. The lowest BCUT2D eigenvalue weighted by Gasteiger charge is -2.47. The van der Waals surface area contributed by atoms with E-state index in [1.165, 1.54) is 17.7 Å². The quantitative estimate of drug-likeness (QED) is 0.302. The Balaban J connectivity index is 1.20. The molecule has 1 aliphatic carbocycles. The molecule has 1 atom stereocenters. The number of hydrogen-bond acceptors (Lipinski definition) is 11. The van der Waals surface area contributed by atoms with Gasteiger partial charge in [-0.2, -0.15) is 5.10 Å². The monoisotopic (exact) mass is 604 g/mol. The maximum absolute atomic E-state index is 11.9. The van der Waals surface area contributed by atoms with Crippen LogP contribution in [0.1, 0.15) is 72.9 Å². The average molecular weight is 605 g/mol. The Bertz CT molecular complexity index is 1610. The number of hydrogen-bond donors (Lipinski definition) is 2. The van der Waals surface area contributed by atoms with Gasteiger partial charge in [0.15, 0.2) is 10.7 Å². The van der Waals surface area contributed by atoms with Crippen molar-refractivity contribution in [1.29, 1.82) is 0 Å². The first-order chi connectivity index (χ1) is 20.7. The number of nitrogens with zero attached hydrogens (tertiary/aromatic N) is 8. The molecule has 4 N–H and O–H groups in total. The number of aryl methyl sites for hydroxylation is 2. The van der Waals surface area contributed by atoms with E-state index in [1.54, 1.807) is 6.20 Å². The minimum atomic E-state index is -0.481. The molecule has 13 heteroatoms. The van der Waals surface area contributed by atoms with E-state index in [4.69, 9.17) is 16.2 Å². The number of carbonyl (C=O) groups is 1. The van der Waals surface area contributed by atoms with Crippen LogP contribution in [0.2, 0.25) is 0 Å². The summed E-state index contributed by atoms with van der Waals surface area (Å²) in [5.41, 5.74) is 15.6. The van der Waals surface area contributed by atoms with Crippen molar-refractivity contribution in [3.63, 3.8) is 0 Å². The molecule has 1 saturated carbocycles. The Kier molecular flexibility index (Phi) is 8.19. The lowest BCUT2D eigenvalue weighted by atomic mass is 9.88. The third-order valence-corrected chi connectivity index (χ3v) is 9.59. The van der Waals surface area contributed by atoms with Crippen LogP contribution in [0.15, 0.2) is 24.7 Å². The van der Waals surface area contributed by atoms with Gasteiger partial charge in [0.25, 0.3) is 5.91 Å². The molecule has 0 bridgehead atoms. The third kappa shape index (κ3) is 5.87. The minimum absolute atomic E-state index is 0.0345. The number of nitrogens with two attached hydrogens (primary N) is 2. The maximum Gasteiger partial charge on any atom is 0.264 e. The highest BCUT2D eigenvalue weighted by atomic mass is 32.1. The smallest absolute Gasteiger partial charge is 0.264 e. The molecule has 4 aromatic heterocycles. The molecule has 6 rings (SSSR count). The van der Waals surface area contributed by atoms with Gasteiger partial charge < -0.3 is 21.1 Å². The molecule has 0 aromatic carbocycles. The molecular formula is C30H40N10O2S. The Morgan fingerprint density at radius 2 is 1.91 bits per heavy atom. The number of amides is 1. The van der Waals surface area contributed by atoms with Crippen LogP contribution >= 0.6 is 11.3 Å². The van der Waals surface area contributed by atoms with Crippen LogP contribution in [0.3, 0.4) is 0 Å². The lowest BCUT2D eigenvalue weighted by Crippen LogP contribution is -2.55. The van der Waals surface area contributed by atoms with Gasteiger partial charge in [0.05, 0.1) is 22.1 Å². The van der Waals surface area contributed by atoms with Crippen molar-refractivity contribution in [3.8, 4) is 17.3 Å². The average Bonchev–Trinajstić information content (AvgIpc) is 3.55. The number of fused-ring (bicyclic) bond motifs is 1. The van der Waals surface area contributed by atoms with Crippen molar-refractivity contribution in [3.05, 3.63) is 40.4 Å². The molecule has 12 nitrogen and oxygen atoms in total. The first-order valence-corrected chi connectivity index (χ1v) is 15.9. The van der Waals surface area contributed by atoms with Crippen molar-refractivity contribution in [2.45, 2.75) is 90.4 Å². The molecule has 0 unspecified atom stereocenters. The fraction of sp³-hybridized carbons (Fsp3) is 0.533. The fourth-order valence-corrected chi connectivity index (χ4v) is 7.60. The number of anilines is 2. The summed E-state index contributed by atoms with van der Waals surface area (Å²) in [5, 5.41) is 5.35. The van der Waals surface area contributed by atoms with Gasteiger partial charge in [-0.3, -0.25) is 9.69 Å². The van der Waals surface area contributed by atoms with Gasteiger partial charge in [-0.25, -0.2) is 24.5 Å². The van der Waals surface area contributed by atoms with Crippen molar-refractivity contribution in [2.75, 3.05) is 23.7 Å². The molecular weight excluding hydrogens is 564 g/mol. The number of nitrogen functional groups attached to an aromatic ring is 1. The fourth-order valence-electron chi connectivity index (χ4n) is 6.89. The predicted molar refractivity (Wildman–Crippen MR) is 167 cm³/mol. The number of rotatable bonds is 8. The van der Waals surface area contributed by atoms with Gasteiger partial charge in [0.1, 0.15) is 23.8 Å². The van der Waals surface area contributed by atoms with E-state index < -0.39 is 5.91 Å². The summed E-state index contributed by atoms with van der Waals surface area (Å²) in [7, 11) is 0. The summed E-state index contributed by atoms with van der Waals surface area (Å²) in [6.07, 6.45) is 9.41. The van der Waals surface area contributed by atoms with E-state index in [9.17, 15) is 4.79 Å². The van der Waals surface area contributed by atoms with Gasteiger partial charge in [0.2, 0.25) is 5.88 Å². The van der Waals surface area contributed by atoms with Gasteiger partial charge in [-0.15, -0.1) is 11.3 Å². The highest BCUT2D eigenvalue weighted by Gasteiger charge is 2.36. The molecule has 1 amide bonds. The van der Waals surface area contributed by atoms with Crippen LogP contribution in [0.4, 0.5) is 11.5 Å². The number of ether oxygens (including phenoxy) is 1. The minimum Gasteiger partial charge on any atom is -0.473 e. The number of aromatic nitrogens is 6. The second-order valence-corrected chi connectivity index (χ2v) is 13.1. The van der Waals surface area contributed by atoms with Crippen LogP contribution < -0.4 is 21.1 Å². The first kappa shape index (κ1) is 29.2. The van der Waals surface area contributed by atoms with Crippen LogP contribution in [-0.2, 0) is 0 Å². The Hall–Kier alpha value is -3.84. The molecule has 2 aliphatic rings. The molecule has 43 heavy (non-hydrogen) atoms. The maximum atomic E-state index is 11.9. The highest BCUT2D eigenvalue weighted by molar-refractivity contribution is 7.13. The normalized spacial score (nSPS) is 21.2. The number of thiazole rings is 1. The van der Waals surface area contributed by atoms with E-state index in [0.717, 1.165) is 79.2 Å². The molecule has 4 aromatic rings. The third-order valence-electron chi connectivity index (χ3n) is 8.63. The molecule has 0 spiro atoms. The standard InChI is InChI=1S/C30H40N10O2S/c1-17(2)39(20-7-9-22(10-8-20)42-30-27(29(32)41)43-19(4)37-30)21-6-5-13-38(15-21)25-14-24(23-11-12-33-18(3)36-23)40-26(25)28(31)34-16-35-40/h11-12,14,16-17,20-22H,5-10,13,15H2,1-4H3,(H2,32,41)(H2,31,34,35)/t20?,21-,22?/m1/s1. The van der Waals surface area contributed by atoms with Crippen LogP contribution in [0.25, 0.3) is 16.9 Å². The van der Waals surface area contributed by atoms with Crippen molar-refractivity contribution >= 4 is 34.3 Å². The summed E-state index contributed by atoms with van der Waals surface area (Å²) in [5.74, 6) is 1.07. The molecule has 1 aliphatic heterocycles. The molecule has 2 fully saturated rings.